The van der Waals surface area contributed by atoms with Gasteiger partial charge in [0.15, 0.2) is 6.04 Å². The molecule has 0 aliphatic heterocycles. The number of fused-ring (bicyclic) bond motifs is 1. The van der Waals surface area contributed by atoms with Crippen molar-refractivity contribution < 1.29 is 19.4 Å². The van der Waals surface area contributed by atoms with Gasteiger partial charge in [0, 0.05) is 12.0 Å². The number of ether oxygens (including phenoxy) is 1. The van der Waals surface area contributed by atoms with Gasteiger partial charge in [-0.1, -0.05) is 12.8 Å². The van der Waals surface area contributed by atoms with Crippen LogP contribution in [-0.2, 0) is 22.4 Å². The van der Waals surface area contributed by atoms with Crippen molar-refractivity contribution in [2.24, 2.45) is 0 Å². The molecule has 0 fully saturated rings. The molecule has 1 aliphatic carbocycles. The number of nitrogens with one attached hydrogen (secondary N) is 1. The zero-order valence-electron chi connectivity index (χ0n) is 12.2. The molecule has 21 heavy (non-hydrogen) atoms. The van der Waals surface area contributed by atoms with Gasteiger partial charge in [-0.05, 0) is 37.3 Å². The average Bonchev–Trinajstić information content (AvgIpc) is 2.80. The minimum Gasteiger partial charge on any atom is -0.480 e. The lowest BCUT2D eigenvalue weighted by atomic mass is 10.00. The normalized spacial score (nSPS) is 16.4. The molecule has 0 saturated carbocycles. The lowest BCUT2D eigenvalue weighted by Crippen LogP contribution is -2.43. The van der Waals surface area contributed by atoms with Gasteiger partial charge in [-0.2, -0.15) is 0 Å². The molecule has 1 aromatic rings. The SMILES string of the molecule is COCC(NC(=O)c1cc2c(s1)CCCCCC2)C(=O)O. The molecule has 2 rings (SSSR count). The van der Waals surface area contributed by atoms with Gasteiger partial charge in [-0.15, -0.1) is 11.3 Å². The van der Waals surface area contributed by atoms with Crippen molar-refractivity contribution in [2.45, 2.75) is 44.6 Å². The van der Waals surface area contributed by atoms with Crippen molar-refractivity contribution in [3.63, 3.8) is 0 Å². The van der Waals surface area contributed by atoms with E-state index in [1.54, 1.807) is 0 Å². The molecule has 0 spiro atoms. The van der Waals surface area contributed by atoms with Crippen LogP contribution in [0.4, 0.5) is 0 Å². The number of methoxy groups -OCH3 is 1. The van der Waals surface area contributed by atoms with Gasteiger partial charge in [-0.25, -0.2) is 4.79 Å². The summed E-state index contributed by atoms with van der Waals surface area (Å²) in [5.74, 6) is -1.41. The number of thiophene rings is 1. The van der Waals surface area contributed by atoms with Crippen LogP contribution >= 0.6 is 11.3 Å². The van der Waals surface area contributed by atoms with Crippen LogP contribution in [0.5, 0.6) is 0 Å². The highest BCUT2D eigenvalue weighted by Gasteiger charge is 2.22. The number of hydrogen-bond donors (Lipinski definition) is 2. The van der Waals surface area contributed by atoms with Crippen molar-refractivity contribution >= 4 is 23.2 Å². The first-order valence-corrected chi connectivity index (χ1v) is 8.07. The Morgan fingerprint density at radius 2 is 2.05 bits per heavy atom. The second kappa shape index (κ2) is 7.56. The van der Waals surface area contributed by atoms with Gasteiger partial charge in [0.2, 0.25) is 0 Å². The number of aliphatic carboxylic acids is 1. The first-order chi connectivity index (χ1) is 10.1. The second-order valence-corrected chi connectivity index (χ2v) is 6.43. The minimum atomic E-state index is -1.08. The molecule has 0 radical (unpaired) electrons. The van der Waals surface area contributed by atoms with Crippen LogP contribution in [0.15, 0.2) is 6.07 Å². The summed E-state index contributed by atoms with van der Waals surface area (Å²) in [6, 6.07) is 0.916. The maximum Gasteiger partial charge on any atom is 0.328 e. The Morgan fingerprint density at radius 1 is 1.33 bits per heavy atom. The standard InChI is InChI=1S/C15H21NO4S/c1-20-9-11(15(18)19)16-14(17)13-8-10-6-4-2-3-5-7-12(10)21-13/h8,11H,2-7,9H2,1H3,(H,16,17)(H,18,19). The molecule has 1 aliphatic rings. The highest BCUT2D eigenvalue weighted by Crippen LogP contribution is 2.28. The van der Waals surface area contributed by atoms with Crippen molar-refractivity contribution in [2.75, 3.05) is 13.7 Å². The molecule has 0 aromatic carbocycles. The first kappa shape index (κ1) is 16.0. The third-order valence-electron chi connectivity index (χ3n) is 3.66. The first-order valence-electron chi connectivity index (χ1n) is 7.26. The van der Waals surface area contributed by atoms with E-state index < -0.39 is 12.0 Å². The van der Waals surface area contributed by atoms with Crippen molar-refractivity contribution in [1.29, 1.82) is 0 Å². The molecule has 0 bridgehead atoms. The molecular weight excluding hydrogens is 290 g/mol. The summed E-state index contributed by atoms with van der Waals surface area (Å²) >= 11 is 1.49. The summed E-state index contributed by atoms with van der Waals surface area (Å²) in [4.78, 5) is 25.1. The van der Waals surface area contributed by atoms with E-state index in [1.807, 2.05) is 6.07 Å². The molecular formula is C15H21NO4S. The molecule has 1 amide bonds. The van der Waals surface area contributed by atoms with E-state index in [2.05, 4.69) is 5.32 Å². The van der Waals surface area contributed by atoms with Crippen LogP contribution in [0.3, 0.4) is 0 Å². The summed E-state index contributed by atoms with van der Waals surface area (Å²) in [6.45, 7) is -0.0356. The van der Waals surface area contributed by atoms with Gasteiger partial charge < -0.3 is 15.2 Å². The van der Waals surface area contributed by atoms with Gasteiger partial charge in [0.05, 0.1) is 11.5 Å². The molecule has 6 heteroatoms. The Bertz CT molecular complexity index is 486. The van der Waals surface area contributed by atoms with Gasteiger partial charge in [0.25, 0.3) is 5.91 Å². The maximum atomic E-state index is 12.2. The molecule has 5 nitrogen and oxygen atoms in total. The lowest BCUT2D eigenvalue weighted by Gasteiger charge is -2.12. The predicted molar refractivity (Wildman–Crippen MR) is 81.0 cm³/mol. The van der Waals surface area contributed by atoms with E-state index in [9.17, 15) is 9.59 Å². The molecule has 1 unspecified atom stereocenters. The Hall–Kier alpha value is -1.40. The number of carboxylic acid groups (broad SMARTS) is 1. The molecule has 1 atom stereocenters. The topological polar surface area (TPSA) is 75.6 Å². The summed E-state index contributed by atoms with van der Waals surface area (Å²) in [7, 11) is 1.42. The number of carbonyl (C=O) groups is 2. The third kappa shape index (κ3) is 4.28. The maximum absolute atomic E-state index is 12.2. The van der Waals surface area contributed by atoms with Crippen molar-refractivity contribution in [1.82, 2.24) is 5.32 Å². The number of aryl methyl sites for hydroxylation is 2. The molecule has 116 valence electrons. The lowest BCUT2D eigenvalue weighted by molar-refractivity contribution is -0.140. The van der Waals surface area contributed by atoms with Crippen LogP contribution in [0.2, 0.25) is 0 Å². The van der Waals surface area contributed by atoms with Crippen LogP contribution in [0, 0.1) is 0 Å². The molecule has 2 N–H and O–H groups in total. The number of carbonyl (C=O) groups excluding carboxylic acids is 1. The van der Waals surface area contributed by atoms with Crippen LogP contribution < -0.4 is 5.32 Å². The van der Waals surface area contributed by atoms with E-state index in [0.717, 1.165) is 25.7 Å². The Balaban J connectivity index is 2.08. The number of rotatable bonds is 5. The van der Waals surface area contributed by atoms with E-state index in [-0.39, 0.29) is 12.5 Å². The highest BCUT2D eigenvalue weighted by molar-refractivity contribution is 7.14. The Labute approximate surface area is 128 Å². The largest absolute Gasteiger partial charge is 0.480 e. The molecule has 1 heterocycles. The fraction of sp³-hybridized carbons (Fsp3) is 0.600. The van der Waals surface area contributed by atoms with Gasteiger partial charge in [-0.3, -0.25) is 4.79 Å². The van der Waals surface area contributed by atoms with E-state index in [1.165, 1.54) is 41.7 Å². The quantitative estimate of drug-likeness (QED) is 0.874. The van der Waals surface area contributed by atoms with E-state index in [0.29, 0.717) is 4.88 Å². The monoisotopic (exact) mass is 311 g/mol. The predicted octanol–water partition coefficient (Wildman–Crippen LogP) is 2.24. The van der Waals surface area contributed by atoms with Crippen molar-refractivity contribution in [3.8, 4) is 0 Å². The van der Waals surface area contributed by atoms with Gasteiger partial charge >= 0.3 is 5.97 Å². The van der Waals surface area contributed by atoms with Crippen LogP contribution in [-0.4, -0.2) is 36.7 Å². The number of carboxylic acids is 1. The summed E-state index contributed by atoms with van der Waals surface area (Å²) in [5.41, 5.74) is 1.25. The Morgan fingerprint density at radius 3 is 2.71 bits per heavy atom. The summed E-state index contributed by atoms with van der Waals surface area (Å²) in [5, 5.41) is 11.6. The van der Waals surface area contributed by atoms with Gasteiger partial charge in [0.1, 0.15) is 0 Å². The molecule has 0 saturated heterocycles. The number of hydrogen-bond acceptors (Lipinski definition) is 4. The average molecular weight is 311 g/mol. The minimum absolute atomic E-state index is 0.0356. The number of amides is 1. The highest BCUT2D eigenvalue weighted by atomic mass is 32.1. The second-order valence-electron chi connectivity index (χ2n) is 5.29. The zero-order valence-corrected chi connectivity index (χ0v) is 13.0. The smallest absolute Gasteiger partial charge is 0.328 e. The van der Waals surface area contributed by atoms with E-state index >= 15 is 0 Å². The molecule has 1 aromatic heterocycles. The fourth-order valence-electron chi connectivity index (χ4n) is 2.53. The zero-order chi connectivity index (χ0) is 15.2. The third-order valence-corrected chi connectivity index (χ3v) is 4.89. The van der Waals surface area contributed by atoms with Crippen LogP contribution in [0.25, 0.3) is 0 Å². The summed E-state index contributed by atoms with van der Waals surface area (Å²) in [6.07, 6.45) is 6.84. The fourth-order valence-corrected chi connectivity index (χ4v) is 3.68. The van der Waals surface area contributed by atoms with E-state index in [4.69, 9.17) is 9.84 Å². The Kier molecular flexibility index (Phi) is 5.76. The summed E-state index contributed by atoms with van der Waals surface area (Å²) < 4.78 is 4.82. The van der Waals surface area contributed by atoms with Crippen molar-refractivity contribution in [3.05, 3.63) is 21.4 Å². The van der Waals surface area contributed by atoms with Crippen LogP contribution in [0.1, 0.15) is 45.8 Å².